The van der Waals surface area contributed by atoms with Crippen LogP contribution in [0.5, 0.6) is 0 Å². The van der Waals surface area contributed by atoms with Crippen molar-refractivity contribution in [3.05, 3.63) is 84.1 Å². The summed E-state index contributed by atoms with van der Waals surface area (Å²) in [6.07, 6.45) is -1.45. The minimum absolute atomic E-state index is 0.0516. The molecule has 152 valence electrons. The molecule has 1 N–H and O–H groups in total. The highest BCUT2D eigenvalue weighted by atomic mass is 19.4. The maximum atomic E-state index is 13.9. The number of rotatable bonds is 4. The molecule has 0 unspecified atom stereocenters. The first kappa shape index (κ1) is 19.6. The van der Waals surface area contributed by atoms with Gasteiger partial charge in [0.1, 0.15) is 12.1 Å². The highest BCUT2D eigenvalue weighted by Crippen LogP contribution is 2.31. The molecule has 1 amide bonds. The molecule has 0 atom stereocenters. The van der Waals surface area contributed by atoms with E-state index < -0.39 is 23.5 Å². The second-order valence-electron chi connectivity index (χ2n) is 6.59. The molecule has 0 saturated carbocycles. The van der Waals surface area contributed by atoms with Crippen LogP contribution in [0.2, 0.25) is 0 Å². The predicted octanol–water partition coefficient (Wildman–Crippen LogP) is 4.74. The lowest BCUT2D eigenvalue weighted by atomic mass is 10.0. The van der Waals surface area contributed by atoms with Crippen LogP contribution in [0.3, 0.4) is 0 Å². The van der Waals surface area contributed by atoms with Crippen molar-refractivity contribution in [1.29, 1.82) is 0 Å². The van der Waals surface area contributed by atoms with Gasteiger partial charge in [0.05, 0.1) is 17.7 Å². The number of carbonyl (C=O) groups is 1. The Morgan fingerprint density at radius 3 is 2.47 bits per heavy atom. The number of fused-ring (bicyclic) bond motifs is 1. The SMILES string of the molecule is O=C(Cc1ccc(-c2ccn3ncnc3c2)cc1)Nc1ccc(C(F)(F)F)cc1F. The van der Waals surface area contributed by atoms with E-state index >= 15 is 0 Å². The van der Waals surface area contributed by atoms with Gasteiger partial charge >= 0.3 is 6.18 Å². The topological polar surface area (TPSA) is 59.3 Å². The van der Waals surface area contributed by atoms with Gasteiger partial charge in [0.2, 0.25) is 5.91 Å². The lowest BCUT2D eigenvalue weighted by molar-refractivity contribution is -0.137. The Morgan fingerprint density at radius 1 is 1.00 bits per heavy atom. The molecule has 4 aromatic rings. The molecule has 9 heteroatoms. The van der Waals surface area contributed by atoms with Gasteiger partial charge in [-0.2, -0.15) is 18.3 Å². The van der Waals surface area contributed by atoms with Crippen molar-refractivity contribution in [2.24, 2.45) is 0 Å². The summed E-state index contributed by atoms with van der Waals surface area (Å²) in [6.45, 7) is 0. The highest BCUT2D eigenvalue weighted by Gasteiger charge is 2.31. The van der Waals surface area contributed by atoms with E-state index in [9.17, 15) is 22.4 Å². The van der Waals surface area contributed by atoms with Crippen LogP contribution in [0.25, 0.3) is 16.8 Å². The summed E-state index contributed by atoms with van der Waals surface area (Å²) in [6, 6.07) is 12.9. The Labute approximate surface area is 168 Å². The molecule has 0 bridgehead atoms. The lowest BCUT2D eigenvalue weighted by Crippen LogP contribution is -2.16. The number of halogens is 4. The minimum Gasteiger partial charge on any atom is -0.323 e. The van der Waals surface area contributed by atoms with Crippen LogP contribution in [0, 0.1) is 5.82 Å². The first-order chi connectivity index (χ1) is 14.3. The Balaban J connectivity index is 1.43. The molecular formula is C21H14F4N4O. The van der Waals surface area contributed by atoms with Gasteiger partial charge in [0.25, 0.3) is 0 Å². The van der Waals surface area contributed by atoms with E-state index in [2.05, 4.69) is 15.4 Å². The first-order valence-electron chi connectivity index (χ1n) is 8.85. The number of alkyl halides is 3. The third kappa shape index (κ3) is 4.14. The van der Waals surface area contributed by atoms with Crippen molar-refractivity contribution in [3.63, 3.8) is 0 Å². The van der Waals surface area contributed by atoms with Crippen LogP contribution in [0.1, 0.15) is 11.1 Å². The third-order valence-electron chi connectivity index (χ3n) is 4.50. The second kappa shape index (κ2) is 7.58. The van der Waals surface area contributed by atoms with Gasteiger partial charge in [-0.1, -0.05) is 24.3 Å². The molecule has 30 heavy (non-hydrogen) atoms. The van der Waals surface area contributed by atoms with Gasteiger partial charge in [0.15, 0.2) is 5.65 Å². The molecule has 0 aliphatic rings. The van der Waals surface area contributed by atoms with Crippen molar-refractivity contribution in [2.45, 2.75) is 12.6 Å². The van der Waals surface area contributed by atoms with Crippen molar-refractivity contribution in [3.8, 4) is 11.1 Å². The minimum atomic E-state index is -4.65. The maximum absolute atomic E-state index is 13.9. The van der Waals surface area contributed by atoms with Crippen molar-refractivity contribution >= 4 is 17.2 Å². The van der Waals surface area contributed by atoms with E-state index in [0.29, 0.717) is 17.3 Å². The van der Waals surface area contributed by atoms with Gasteiger partial charge in [-0.25, -0.2) is 13.9 Å². The number of carbonyl (C=O) groups excluding carboxylic acids is 1. The average molecular weight is 414 g/mol. The van der Waals surface area contributed by atoms with Crippen LogP contribution in [-0.2, 0) is 17.4 Å². The highest BCUT2D eigenvalue weighted by molar-refractivity contribution is 5.92. The van der Waals surface area contributed by atoms with E-state index in [1.807, 2.05) is 24.3 Å². The van der Waals surface area contributed by atoms with Crippen LogP contribution in [0.4, 0.5) is 23.2 Å². The maximum Gasteiger partial charge on any atom is 0.416 e. The Morgan fingerprint density at radius 2 is 1.77 bits per heavy atom. The Bertz CT molecular complexity index is 1220. The summed E-state index contributed by atoms with van der Waals surface area (Å²) in [5, 5.41) is 6.34. The quantitative estimate of drug-likeness (QED) is 0.491. The van der Waals surface area contributed by atoms with Crippen LogP contribution in [-0.4, -0.2) is 20.5 Å². The summed E-state index contributed by atoms with van der Waals surface area (Å²) in [5.74, 6) is -1.68. The monoisotopic (exact) mass is 414 g/mol. The molecule has 0 radical (unpaired) electrons. The number of aromatic nitrogens is 3. The molecule has 0 saturated heterocycles. The molecule has 4 rings (SSSR count). The number of nitrogens with zero attached hydrogens (tertiary/aromatic N) is 3. The number of benzene rings is 2. The van der Waals surface area contributed by atoms with Gasteiger partial charge in [0, 0.05) is 6.20 Å². The van der Waals surface area contributed by atoms with E-state index in [1.165, 1.54) is 6.33 Å². The standard InChI is InChI=1S/C21H14F4N4O/c22-17-11-16(21(23,24)25)5-6-18(17)28-20(30)9-13-1-3-14(4-2-13)15-7-8-29-19(10-15)26-12-27-29/h1-8,10-12H,9H2,(H,28,30). The van der Waals surface area contributed by atoms with Gasteiger partial charge in [-0.05, 0) is 47.0 Å². The largest absolute Gasteiger partial charge is 0.416 e. The van der Waals surface area contributed by atoms with Gasteiger partial charge in [-0.3, -0.25) is 4.79 Å². The van der Waals surface area contributed by atoms with Crippen molar-refractivity contribution in [1.82, 2.24) is 14.6 Å². The summed E-state index contributed by atoms with van der Waals surface area (Å²) >= 11 is 0. The van der Waals surface area contributed by atoms with Gasteiger partial charge < -0.3 is 5.32 Å². The Hall–Kier alpha value is -3.75. The molecule has 2 aromatic heterocycles. The van der Waals surface area contributed by atoms with Crippen molar-refractivity contribution < 1.29 is 22.4 Å². The summed E-state index contributed by atoms with van der Waals surface area (Å²) < 4.78 is 53.3. The average Bonchev–Trinajstić information content (AvgIpc) is 3.17. The third-order valence-corrected chi connectivity index (χ3v) is 4.50. The lowest BCUT2D eigenvalue weighted by Gasteiger charge is -2.10. The number of hydrogen-bond acceptors (Lipinski definition) is 3. The molecular weight excluding hydrogens is 400 g/mol. The molecule has 5 nitrogen and oxygen atoms in total. The summed E-state index contributed by atoms with van der Waals surface area (Å²) in [5.41, 5.74) is 1.81. The molecule has 0 spiro atoms. The van der Waals surface area contributed by atoms with Crippen LogP contribution < -0.4 is 5.32 Å². The molecule has 0 aliphatic carbocycles. The number of nitrogens with one attached hydrogen (secondary N) is 1. The molecule has 0 aliphatic heterocycles. The number of hydrogen-bond donors (Lipinski definition) is 1. The van der Waals surface area contributed by atoms with E-state index in [0.717, 1.165) is 23.3 Å². The zero-order chi connectivity index (χ0) is 21.3. The number of anilines is 1. The van der Waals surface area contributed by atoms with E-state index in [1.54, 1.807) is 22.8 Å². The fourth-order valence-electron chi connectivity index (χ4n) is 2.98. The smallest absolute Gasteiger partial charge is 0.323 e. The molecule has 2 aromatic carbocycles. The van der Waals surface area contributed by atoms with Crippen LogP contribution >= 0.6 is 0 Å². The summed E-state index contributed by atoms with van der Waals surface area (Å²) in [7, 11) is 0. The Kier molecular flexibility index (Phi) is 4.94. The van der Waals surface area contributed by atoms with E-state index in [4.69, 9.17) is 0 Å². The zero-order valence-electron chi connectivity index (χ0n) is 15.3. The van der Waals surface area contributed by atoms with Crippen LogP contribution in [0.15, 0.2) is 67.1 Å². The fourth-order valence-corrected chi connectivity index (χ4v) is 2.98. The molecule has 0 fully saturated rings. The number of pyridine rings is 1. The zero-order valence-corrected chi connectivity index (χ0v) is 15.3. The predicted molar refractivity (Wildman–Crippen MR) is 102 cm³/mol. The fraction of sp³-hybridized carbons (Fsp3) is 0.0952. The van der Waals surface area contributed by atoms with Crippen molar-refractivity contribution in [2.75, 3.05) is 5.32 Å². The summed E-state index contributed by atoms with van der Waals surface area (Å²) in [4.78, 5) is 16.3. The normalized spacial score (nSPS) is 11.6. The first-order valence-corrected chi connectivity index (χ1v) is 8.85. The van der Waals surface area contributed by atoms with Gasteiger partial charge in [-0.15, -0.1) is 0 Å². The molecule has 2 heterocycles. The van der Waals surface area contributed by atoms with E-state index in [-0.39, 0.29) is 12.1 Å². The number of amides is 1. The second-order valence-corrected chi connectivity index (χ2v) is 6.59.